The molecule has 0 radical (unpaired) electrons. The Morgan fingerprint density at radius 1 is 1.29 bits per heavy atom. The molecule has 4 nitrogen and oxygen atoms in total. The molecule has 3 N–H and O–H groups in total. The number of hydrogen-bond donors (Lipinski definition) is 2. The molecule has 0 bridgehead atoms. The maximum atomic E-state index is 13.7. The van der Waals surface area contributed by atoms with Gasteiger partial charge in [-0.05, 0) is 29.8 Å². The minimum absolute atomic E-state index is 0.326. The molecule has 0 aliphatic carbocycles. The minimum Gasteiger partial charge on any atom is -0.271 e. The molecule has 1 aromatic carbocycles. The SMILES string of the molecule is NNC(c1ccnnc1)c1cc(Br)ccc1F. The zero-order valence-corrected chi connectivity index (χ0v) is 10.4. The summed E-state index contributed by atoms with van der Waals surface area (Å²) in [6, 6.07) is 5.98. The van der Waals surface area contributed by atoms with Crippen LogP contribution in [0.1, 0.15) is 17.2 Å². The van der Waals surface area contributed by atoms with Crippen LogP contribution in [0, 0.1) is 5.82 Å². The normalized spacial score (nSPS) is 12.4. The number of nitrogens with one attached hydrogen (secondary N) is 1. The van der Waals surface area contributed by atoms with Gasteiger partial charge < -0.3 is 0 Å². The fourth-order valence-corrected chi connectivity index (χ4v) is 1.95. The molecule has 0 aliphatic rings. The first kappa shape index (κ1) is 12.1. The Bertz CT molecular complexity index is 506. The van der Waals surface area contributed by atoms with Gasteiger partial charge in [0.1, 0.15) is 5.82 Å². The predicted octanol–water partition coefficient (Wildman–Crippen LogP) is 1.93. The Labute approximate surface area is 106 Å². The van der Waals surface area contributed by atoms with E-state index in [1.807, 2.05) is 0 Å². The lowest BCUT2D eigenvalue weighted by Gasteiger charge is -2.17. The van der Waals surface area contributed by atoms with E-state index >= 15 is 0 Å². The third kappa shape index (κ3) is 2.66. The van der Waals surface area contributed by atoms with Crippen molar-refractivity contribution in [3.63, 3.8) is 0 Å². The Hall–Kier alpha value is -1.37. The van der Waals surface area contributed by atoms with Crippen LogP contribution in [0.3, 0.4) is 0 Å². The Morgan fingerprint density at radius 3 is 2.76 bits per heavy atom. The Kier molecular flexibility index (Phi) is 3.78. The fourth-order valence-electron chi connectivity index (χ4n) is 1.57. The summed E-state index contributed by atoms with van der Waals surface area (Å²) < 4.78 is 14.5. The van der Waals surface area contributed by atoms with E-state index in [0.717, 1.165) is 10.0 Å². The maximum absolute atomic E-state index is 13.7. The van der Waals surface area contributed by atoms with Crippen molar-refractivity contribution in [3.05, 3.63) is 58.1 Å². The lowest BCUT2D eigenvalue weighted by molar-refractivity contribution is 0.558. The van der Waals surface area contributed by atoms with Crippen molar-refractivity contribution < 1.29 is 4.39 Å². The van der Waals surface area contributed by atoms with Crippen molar-refractivity contribution in [2.75, 3.05) is 0 Å². The van der Waals surface area contributed by atoms with Gasteiger partial charge in [0.15, 0.2) is 0 Å². The molecule has 1 aromatic heterocycles. The van der Waals surface area contributed by atoms with Crippen LogP contribution in [0.5, 0.6) is 0 Å². The largest absolute Gasteiger partial charge is 0.271 e. The van der Waals surface area contributed by atoms with Crippen molar-refractivity contribution in [2.45, 2.75) is 6.04 Å². The molecule has 0 aliphatic heterocycles. The molecule has 0 saturated carbocycles. The summed E-state index contributed by atoms with van der Waals surface area (Å²) in [4.78, 5) is 0. The predicted molar refractivity (Wildman–Crippen MR) is 65.3 cm³/mol. The molecule has 2 rings (SSSR count). The quantitative estimate of drug-likeness (QED) is 0.671. The highest BCUT2D eigenvalue weighted by atomic mass is 79.9. The summed E-state index contributed by atoms with van der Waals surface area (Å²) in [7, 11) is 0. The lowest BCUT2D eigenvalue weighted by atomic mass is 10.0. The molecular formula is C11H10BrFN4. The second-order valence-corrected chi connectivity index (χ2v) is 4.36. The number of hydrogen-bond acceptors (Lipinski definition) is 4. The maximum Gasteiger partial charge on any atom is 0.128 e. The van der Waals surface area contributed by atoms with Crippen LogP contribution in [0.4, 0.5) is 4.39 Å². The van der Waals surface area contributed by atoms with E-state index < -0.39 is 6.04 Å². The van der Waals surface area contributed by atoms with Crippen molar-refractivity contribution in [1.29, 1.82) is 0 Å². The summed E-state index contributed by atoms with van der Waals surface area (Å²) in [6.45, 7) is 0. The van der Waals surface area contributed by atoms with Crippen LogP contribution < -0.4 is 11.3 Å². The minimum atomic E-state index is -0.456. The van der Waals surface area contributed by atoms with Gasteiger partial charge in [0.2, 0.25) is 0 Å². The monoisotopic (exact) mass is 296 g/mol. The molecule has 1 unspecified atom stereocenters. The number of benzene rings is 1. The third-order valence-corrected chi connectivity index (χ3v) is 2.87. The molecular weight excluding hydrogens is 287 g/mol. The van der Waals surface area contributed by atoms with Gasteiger partial charge in [0.05, 0.1) is 12.2 Å². The Balaban J connectivity index is 2.46. The summed E-state index contributed by atoms with van der Waals surface area (Å²) in [6.07, 6.45) is 3.08. The van der Waals surface area contributed by atoms with E-state index in [4.69, 9.17) is 5.84 Å². The number of aromatic nitrogens is 2. The van der Waals surface area contributed by atoms with Crippen molar-refractivity contribution in [2.24, 2.45) is 5.84 Å². The molecule has 0 saturated heterocycles. The summed E-state index contributed by atoms with van der Waals surface area (Å²) in [5, 5.41) is 7.43. The zero-order valence-electron chi connectivity index (χ0n) is 8.77. The summed E-state index contributed by atoms with van der Waals surface area (Å²) >= 11 is 3.30. The van der Waals surface area contributed by atoms with Crippen molar-refractivity contribution in [1.82, 2.24) is 15.6 Å². The first-order valence-corrected chi connectivity index (χ1v) is 5.69. The molecule has 0 amide bonds. The van der Waals surface area contributed by atoms with Crippen LogP contribution in [0.15, 0.2) is 41.1 Å². The van der Waals surface area contributed by atoms with E-state index in [9.17, 15) is 4.39 Å². The highest BCUT2D eigenvalue weighted by molar-refractivity contribution is 9.10. The molecule has 0 spiro atoms. The van der Waals surface area contributed by atoms with Gasteiger partial charge in [-0.15, -0.1) is 0 Å². The van der Waals surface area contributed by atoms with E-state index in [1.54, 1.807) is 24.4 Å². The van der Waals surface area contributed by atoms with Gasteiger partial charge in [-0.25, -0.2) is 9.82 Å². The first-order chi connectivity index (χ1) is 8.22. The molecule has 2 aromatic rings. The molecule has 1 heterocycles. The number of halogens is 2. The van der Waals surface area contributed by atoms with Crippen LogP contribution in [0.25, 0.3) is 0 Å². The van der Waals surface area contributed by atoms with Gasteiger partial charge in [-0.2, -0.15) is 10.2 Å². The number of nitrogens with two attached hydrogens (primary N) is 1. The van der Waals surface area contributed by atoms with E-state index in [1.165, 1.54) is 12.3 Å². The number of nitrogens with zero attached hydrogens (tertiary/aromatic N) is 2. The smallest absolute Gasteiger partial charge is 0.128 e. The van der Waals surface area contributed by atoms with Crippen molar-refractivity contribution >= 4 is 15.9 Å². The molecule has 88 valence electrons. The standard InChI is InChI=1S/C11H10BrFN4/c12-8-1-2-10(13)9(5-8)11(17-14)7-3-4-15-16-6-7/h1-6,11,17H,14H2. The number of rotatable bonds is 3. The molecule has 6 heteroatoms. The van der Waals surface area contributed by atoms with Crippen molar-refractivity contribution in [3.8, 4) is 0 Å². The van der Waals surface area contributed by atoms with E-state index in [2.05, 4.69) is 31.6 Å². The topological polar surface area (TPSA) is 63.8 Å². The second-order valence-electron chi connectivity index (χ2n) is 3.44. The van der Waals surface area contributed by atoms with Crippen LogP contribution in [0.2, 0.25) is 0 Å². The Morgan fingerprint density at radius 2 is 2.12 bits per heavy atom. The van der Waals surface area contributed by atoms with Gasteiger partial charge in [-0.3, -0.25) is 5.84 Å². The third-order valence-electron chi connectivity index (χ3n) is 2.38. The molecule has 1 atom stereocenters. The summed E-state index contributed by atoms with van der Waals surface area (Å²) in [5.74, 6) is 5.15. The lowest BCUT2D eigenvalue weighted by Crippen LogP contribution is -2.29. The number of hydrazine groups is 1. The van der Waals surface area contributed by atoms with Gasteiger partial charge >= 0.3 is 0 Å². The van der Waals surface area contributed by atoms with Gasteiger partial charge in [0, 0.05) is 16.2 Å². The average Bonchev–Trinajstić information content (AvgIpc) is 2.36. The van der Waals surface area contributed by atoms with Crippen LogP contribution in [-0.4, -0.2) is 10.2 Å². The highest BCUT2D eigenvalue weighted by Gasteiger charge is 2.17. The molecule has 17 heavy (non-hydrogen) atoms. The zero-order chi connectivity index (χ0) is 12.3. The average molecular weight is 297 g/mol. The first-order valence-electron chi connectivity index (χ1n) is 4.90. The van der Waals surface area contributed by atoms with E-state index in [0.29, 0.717) is 5.56 Å². The van der Waals surface area contributed by atoms with Crippen LogP contribution in [-0.2, 0) is 0 Å². The second kappa shape index (κ2) is 5.31. The molecule has 0 fully saturated rings. The highest BCUT2D eigenvalue weighted by Crippen LogP contribution is 2.25. The van der Waals surface area contributed by atoms with Gasteiger partial charge in [-0.1, -0.05) is 15.9 Å². The fraction of sp³-hybridized carbons (Fsp3) is 0.0909. The van der Waals surface area contributed by atoms with Gasteiger partial charge in [0.25, 0.3) is 0 Å². The summed E-state index contributed by atoms with van der Waals surface area (Å²) in [5.41, 5.74) is 3.78. The van der Waals surface area contributed by atoms with Crippen LogP contribution >= 0.6 is 15.9 Å². The van der Waals surface area contributed by atoms with E-state index in [-0.39, 0.29) is 5.82 Å².